The van der Waals surface area contributed by atoms with E-state index in [0.717, 1.165) is 44.2 Å². The number of aliphatic imine (C=N–C) groups is 1. The van der Waals surface area contributed by atoms with E-state index in [-0.39, 0.29) is 29.9 Å². The highest BCUT2D eigenvalue weighted by molar-refractivity contribution is 14.0. The average Bonchev–Trinajstić information content (AvgIpc) is 3.32. The van der Waals surface area contributed by atoms with Gasteiger partial charge in [-0.25, -0.2) is 0 Å². The van der Waals surface area contributed by atoms with Crippen molar-refractivity contribution in [2.75, 3.05) is 39.0 Å². The Kier molecular flexibility index (Phi) is 8.77. The van der Waals surface area contributed by atoms with Crippen molar-refractivity contribution >= 4 is 47.6 Å². The van der Waals surface area contributed by atoms with Crippen molar-refractivity contribution in [3.63, 3.8) is 0 Å². The van der Waals surface area contributed by atoms with E-state index in [1.807, 2.05) is 7.05 Å². The molecule has 1 heterocycles. The largest absolute Gasteiger partial charge is 0.354 e. The molecular formula is C14H27IN4OS. The standard InChI is InChI=1S/C14H26N4OS.HI/c1-3-12-10-18(8-9-20-12)14(15-2)17-7-6-16-13(19)11-4-5-11;/h11-12H,3-10H2,1-2H3,(H,15,17)(H,16,19);1H. The van der Waals surface area contributed by atoms with Crippen molar-refractivity contribution in [1.82, 2.24) is 15.5 Å². The molecule has 0 spiro atoms. The van der Waals surface area contributed by atoms with Crippen LogP contribution in [0.4, 0.5) is 0 Å². The first-order chi connectivity index (χ1) is 9.74. The second-order valence-electron chi connectivity index (χ2n) is 5.39. The zero-order chi connectivity index (χ0) is 14.4. The van der Waals surface area contributed by atoms with E-state index in [1.54, 1.807) is 0 Å². The van der Waals surface area contributed by atoms with E-state index in [2.05, 4.69) is 39.2 Å². The number of nitrogens with zero attached hydrogens (tertiary/aromatic N) is 2. The lowest BCUT2D eigenvalue weighted by molar-refractivity contribution is -0.122. The van der Waals surface area contributed by atoms with Crippen LogP contribution in [-0.2, 0) is 4.79 Å². The van der Waals surface area contributed by atoms with Gasteiger partial charge in [0.05, 0.1) is 0 Å². The fourth-order valence-corrected chi connectivity index (χ4v) is 3.52. The second kappa shape index (κ2) is 9.76. The summed E-state index contributed by atoms with van der Waals surface area (Å²) in [6.07, 6.45) is 3.32. The molecule has 7 heteroatoms. The summed E-state index contributed by atoms with van der Waals surface area (Å²) in [7, 11) is 1.83. The van der Waals surface area contributed by atoms with E-state index in [4.69, 9.17) is 0 Å². The number of carbonyl (C=O) groups is 1. The Morgan fingerprint density at radius 3 is 2.67 bits per heavy atom. The lowest BCUT2D eigenvalue weighted by atomic mass is 10.3. The fraction of sp³-hybridized carbons (Fsp3) is 0.857. The predicted octanol–water partition coefficient (Wildman–Crippen LogP) is 1.53. The van der Waals surface area contributed by atoms with Crippen LogP contribution in [0, 0.1) is 5.92 Å². The van der Waals surface area contributed by atoms with Gasteiger partial charge in [0.1, 0.15) is 0 Å². The normalized spacial score (nSPS) is 22.5. The quantitative estimate of drug-likeness (QED) is 0.303. The third-order valence-electron chi connectivity index (χ3n) is 3.76. The number of hydrogen-bond donors (Lipinski definition) is 2. The number of carbonyl (C=O) groups excluding carboxylic acids is 1. The highest BCUT2D eigenvalue weighted by Crippen LogP contribution is 2.28. The zero-order valence-corrected chi connectivity index (χ0v) is 16.1. The molecule has 1 atom stereocenters. The molecule has 2 N–H and O–H groups in total. The molecule has 0 radical (unpaired) electrons. The van der Waals surface area contributed by atoms with Crippen LogP contribution in [0.15, 0.2) is 4.99 Å². The molecule has 1 saturated heterocycles. The predicted molar refractivity (Wildman–Crippen MR) is 101 cm³/mol. The minimum atomic E-state index is 0. The first-order valence-corrected chi connectivity index (χ1v) is 8.64. The Bertz CT molecular complexity index is 363. The van der Waals surface area contributed by atoms with Crippen molar-refractivity contribution < 1.29 is 4.79 Å². The molecule has 0 bridgehead atoms. The summed E-state index contributed by atoms with van der Waals surface area (Å²) in [5.74, 6) is 2.63. The van der Waals surface area contributed by atoms with E-state index in [1.165, 1.54) is 6.42 Å². The van der Waals surface area contributed by atoms with Gasteiger partial charge in [-0.2, -0.15) is 11.8 Å². The minimum Gasteiger partial charge on any atom is -0.354 e. The maximum Gasteiger partial charge on any atom is 0.223 e. The molecule has 5 nitrogen and oxygen atoms in total. The number of nitrogens with one attached hydrogen (secondary N) is 2. The van der Waals surface area contributed by atoms with Crippen LogP contribution < -0.4 is 10.6 Å². The number of thioether (sulfide) groups is 1. The topological polar surface area (TPSA) is 56.7 Å². The molecule has 2 fully saturated rings. The smallest absolute Gasteiger partial charge is 0.223 e. The molecule has 1 unspecified atom stereocenters. The van der Waals surface area contributed by atoms with Gasteiger partial charge in [0.2, 0.25) is 5.91 Å². The van der Waals surface area contributed by atoms with Crippen molar-refractivity contribution in [3.05, 3.63) is 0 Å². The number of halogens is 1. The van der Waals surface area contributed by atoms with Gasteiger partial charge in [-0.1, -0.05) is 6.92 Å². The van der Waals surface area contributed by atoms with Crippen LogP contribution in [0.25, 0.3) is 0 Å². The van der Waals surface area contributed by atoms with Crippen molar-refractivity contribution in [2.24, 2.45) is 10.9 Å². The minimum absolute atomic E-state index is 0. The fourth-order valence-electron chi connectivity index (χ4n) is 2.34. The third kappa shape index (κ3) is 6.22. The first-order valence-electron chi connectivity index (χ1n) is 7.59. The Hall–Kier alpha value is -0.180. The molecule has 0 aromatic carbocycles. The molecule has 1 aliphatic heterocycles. The molecule has 122 valence electrons. The molecule has 0 aromatic rings. The summed E-state index contributed by atoms with van der Waals surface area (Å²) < 4.78 is 0. The molecule has 1 aliphatic carbocycles. The Morgan fingerprint density at radius 1 is 1.33 bits per heavy atom. The number of amides is 1. The molecule has 0 aromatic heterocycles. The monoisotopic (exact) mass is 426 g/mol. The van der Waals surface area contributed by atoms with Gasteiger partial charge in [-0.05, 0) is 19.3 Å². The van der Waals surface area contributed by atoms with Gasteiger partial charge in [0.25, 0.3) is 0 Å². The van der Waals surface area contributed by atoms with Gasteiger partial charge < -0.3 is 15.5 Å². The van der Waals surface area contributed by atoms with Gasteiger partial charge in [-0.3, -0.25) is 9.79 Å². The average molecular weight is 426 g/mol. The van der Waals surface area contributed by atoms with E-state index in [9.17, 15) is 4.79 Å². The lowest BCUT2D eigenvalue weighted by Crippen LogP contribution is -2.49. The van der Waals surface area contributed by atoms with Gasteiger partial charge in [0.15, 0.2) is 5.96 Å². The van der Waals surface area contributed by atoms with Gasteiger partial charge >= 0.3 is 0 Å². The number of hydrogen-bond acceptors (Lipinski definition) is 3. The number of rotatable bonds is 5. The maximum atomic E-state index is 11.5. The van der Waals surface area contributed by atoms with Crippen LogP contribution in [-0.4, -0.2) is 61.0 Å². The molecule has 2 aliphatic rings. The van der Waals surface area contributed by atoms with Crippen molar-refractivity contribution in [2.45, 2.75) is 31.4 Å². The molecule has 21 heavy (non-hydrogen) atoms. The number of guanidine groups is 1. The second-order valence-corrected chi connectivity index (χ2v) is 6.79. The van der Waals surface area contributed by atoms with Crippen LogP contribution >= 0.6 is 35.7 Å². The maximum absolute atomic E-state index is 11.5. The third-order valence-corrected chi connectivity index (χ3v) is 5.13. The first kappa shape index (κ1) is 18.9. The van der Waals surface area contributed by atoms with Crippen LogP contribution in [0.5, 0.6) is 0 Å². The van der Waals surface area contributed by atoms with Crippen molar-refractivity contribution in [1.29, 1.82) is 0 Å². The highest BCUT2D eigenvalue weighted by atomic mass is 127. The van der Waals surface area contributed by atoms with Gasteiger partial charge in [0, 0.05) is 50.1 Å². The molecule has 1 saturated carbocycles. The Morgan fingerprint density at radius 2 is 2.05 bits per heavy atom. The summed E-state index contributed by atoms with van der Waals surface area (Å²) in [4.78, 5) is 18.2. The SMILES string of the molecule is CCC1CN(C(=NC)NCCNC(=O)C2CC2)CCS1.I. The van der Waals surface area contributed by atoms with E-state index >= 15 is 0 Å². The Labute approximate surface area is 149 Å². The Balaban J connectivity index is 0.00000220. The van der Waals surface area contributed by atoms with Gasteiger partial charge in [-0.15, -0.1) is 24.0 Å². The highest BCUT2D eigenvalue weighted by Gasteiger charge is 2.29. The lowest BCUT2D eigenvalue weighted by Gasteiger charge is -2.34. The summed E-state index contributed by atoms with van der Waals surface area (Å²) in [5.41, 5.74) is 0. The summed E-state index contributed by atoms with van der Waals surface area (Å²) in [6, 6.07) is 0. The molecule has 2 rings (SSSR count). The van der Waals surface area contributed by atoms with Crippen LogP contribution in [0.3, 0.4) is 0 Å². The summed E-state index contributed by atoms with van der Waals surface area (Å²) in [6.45, 7) is 5.77. The van der Waals surface area contributed by atoms with Crippen LogP contribution in [0.2, 0.25) is 0 Å². The van der Waals surface area contributed by atoms with Crippen LogP contribution in [0.1, 0.15) is 26.2 Å². The molecule has 1 amide bonds. The zero-order valence-electron chi connectivity index (χ0n) is 12.9. The van der Waals surface area contributed by atoms with Crippen molar-refractivity contribution in [3.8, 4) is 0 Å². The molecular weight excluding hydrogens is 399 g/mol. The summed E-state index contributed by atoms with van der Waals surface area (Å²) in [5, 5.41) is 7.02. The summed E-state index contributed by atoms with van der Waals surface area (Å²) >= 11 is 2.06. The van der Waals surface area contributed by atoms with E-state index < -0.39 is 0 Å². The van der Waals surface area contributed by atoms with E-state index in [0.29, 0.717) is 17.7 Å².